The van der Waals surface area contributed by atoms with E-state index >= 15 is 0 Å². The van der Waals surface area contributed by atoms with E-state index in [0.717, 1.165) is 24.0 Å². The van der Waals surface area contributed by atoms with Crippen molar-refractivity contribution in [2.24, 2.45) is 0 Å². The third kappa shape index (κ3) is 5.10. The number of aldehydes is 1. The summed E-state index contributed by atoms with van der Waals surface area (Å²) >= 11 is 1.49. The lowest BCUT2D eigenvalue weighted by Gasteiger charge is -2.10. The van der Waals surface area contributed by atoms with Crippen molar-refractivity contribution >= 4 is 18.0 Å². The van der Waals surface area contributed by atoms with Gasteiger partial charge in [-0.3, -0.25) is 4.79 Å². The Bertz CT molecular complexity index is 893. The fourth-order valence-electron chi connectivity index (χ4n) is 2.36. The summed E-state index contributed by atoms with van der Waals surface area (Å²) in [6, 6.07) is 13.1. The standard InChI is InChI=1S/C20H20N2O4S/c1-14-4-7-16(8-5-14)19-21-22-20(26-19)27-11-3-10-25-17-9-6-15(13-23)12-18(17)24-2/h4-9,12-13H,3,10-11H2,1-2H3. The van der Waals surface area contributed by atoms with Crippen LogP contribution in [-0.4, -0.2) is 36.0 Å². The summed E-state index contributed by atoms with van der Waals surface area (Å²) in [4.78, 5) is 10.8. The highest BCUT2D eigenvalue weighted by atomic mass is 32.2. The Hall–Kier alpha value is -2.80. The first-order valence-electron chi connectivity index (χ1n) is 8.49. The maximum Gasteiger partial charge on any atom is 0.276 e. The third-order valence-electron chi connectivity index (χ3n) is 3.80. The van der Waals surface area contributed by atoms with Gasteiger partial charge in [-0.2, -0.15) is 0 Å². The number of aromatic nitrogens is 2. The molecule has 3 aromatic rings. The van der Waals surface area contributed by atoms with Crippen molar-refractivity contribution in [2.75, 3.05) is 19.5 Å². The average Bonchev–Trinajstić information content (AvgIpc) is 3.17. The number of carbonyl (C=O) groups is 1. The minimum Gasteiger partial charge on any atom is -0.493 e. The van der Waals surface area contributed by atoms with Gasteiger partial charge in [-0.15, -0.1) is 10.2 Å². The first-order valence-corrected chi connectivity index (χ1v) is 9.47. The molecule has 6 nitrogen and oxygen atoms in total. The quantitative estimate of drug-likeness (QED) is 0.307. The molecule has 0 saturated heterocycles. The van der Waals surface area contributed by atoms with E-state index in [1.807, 2.05) is 31.2 Å². The second-order valence-electron chi connectivity index (χ2n) is 5.82. The van der Waals surface area contributed by atoms with Crippen LogP contribution in [0.5, 0.6) is 11.5 Å². The fourth-order valence-corrected chi connectivity index (χ4v) is 3.03. The van der Waals surface area contributed by atoms with Gasteiger partial charge >= 0.3 is 0 Å². The fraction of sp³-hybridized carbons (Fsp3) is 0.250. The second-order valence-corrected chi connectivity index (χ2v) is 6.86. The van der Waals surface area contributed by atoms with Crippen LogP contribution in [0, 0.1) is 6.92 Å². The molecule has 27 heavy (non-hydrogen) atoms. The Morgan fingerprint density at radius 3 is 2.67 bits per heavy atom. The van der Waals surface area contributed by atoms with Crippen LogP contribution in [-0.2, 0) is 0 Å². The molecule has 0 unspecified atom stereocenters. The van der Waals surface area contributed by atoms with Crippen LogP contribution in [0.25, 0.3) is 11.5 Å². The minimum absolute atomic E-state index is 0.517. The third-order valence-corrected chi connectivity index (χ3v) is 4.71. The van der Waals surface area contributed by atoms with Crippen molar-refractivity contribution in [1.82, 2.24) is 10.2 Å². The molecular formula is C20H20N2O4S. The van der Waals surface area contributed by atoms with E-state index in [1.54, 1.807) is 25.3 Å². The molecular weight excluding hydrogens is 364 g/mol. The molecule has 1 aromatic heterocycles. The molecule has 7 heteroatoms. The Labute approximate surface area is 161 Å². The summed E-state index contributed by atoms with van der Waals surface area (Å²) < 4.78 is 16.7. The maximum absolute atomic E-state index is 10.8. The monoisotopic (exact) mass is 384 g/mol. The van der Waals surface area contributed by atoms with Gasteiger partial charge in [0.25, 0.3) is 5.22 Å². The number of rotatable bonds is 9. The number of thioether (sulfide) groups is 1. The molecule has 3 rings (SSSR count). The second kappa shape index (κ2) is 9.23. The van der Waals surface area contributed by atoms with E-state index in [-0.39, 0.29) is 0 Å². The summed E-state index contributed by atoms with van der Waals surface area (Å²) in [5.41, 5.74) is 2.65. The summed E-state index contributed by atoms with van der Waals surface area (Å²) in [6.45, 7) is 2.55. The normalized spacial score (nSPS) is 10.6. The van der Waals surface area contributed by atoms with Gasteiger partial charge in [0.15, 0.2) is 11.5 Å². The predicted octanol–water partition coefficient (Wildman–Crippen LogP) is 4.43. The molecule has 1 heterocycles. The molecule has 0 bridgehead atoms. The van der Waals surface area contributed by atoms with Crippen molar-refractivity contribution < 1.29 is 18.7 Å². The van der Waals surface area contributed by atoms with Gasteiger partial charge in [0.2, 0.25) is 5.89 Å². The van der Waals surface area contributed by atoms with E-state index in [1.165, 1.54) is 17.3 Å². The van der Waals surface area contributed by atoms with Gasteiger partial charge in [0.1, 0.15) is 6.29 Å². The van der Waals surface area contributed by atoms with E-state index in [0.29, 0.717) is 34.8 Å². The van der Waals surface area contributed by atoms with Gasteiger partial charge in [0.05, 0.1) is 13.7 Å². The highest BCUT2D eigenvalue weighted by molar-refractivity contribution is 7.99. The molecule has 0 aliphatic carbocycles. The van der Waals surface area contributed by atoms with Crippen molar-refractivity contribution in [1.29, 1.82) is 0 Å². The predicted molar refractivity (Wildman–Crippen MR) is 104 cm³/mol. The molecule has 0 N–H and O–H groups in total. The number of nitrogens with zero attached hydrogens (tertiary/aromatic N) is 2. The van der Waals surface area contributed by atoms with Crippen LogP contribution in [0.15, 0.2) is 52.1 Å². The van der Waals surface area contributed by atoms with Crippen LogP contribution in [0.1, 0.15) is 22.3 Å². The van der Waals surface area contributed by atoms with Gasteiger partial charge in [-0.05, 0) is 43.7 Å². The topological polar surface area (TPSA) is 74.5 Å². The number of aryl methyl sites for hydroxylation is 1. The molecule has 0 atom stereocenters. The molecule has 140 valence electrons. The van der Waals surface area contributed by atoms with Crippen LogP contribution in [0.3, 0.4) is 0 Å². The van der Waals surface area contributed by atoms with Gasteiger partial charge < -0.3 is 13.9 Å². The van der Waals surface area contributed by atoms with Crippen LogP contribution in [0.4, 0.5) is 0 Å². The number of hydrogen-bond donors (Lipinski definition) is 0. The first kappa shape index (κ1) is 19.0. The van der Waals surface area contributed by atoms with E-state index in [9.17, 15) is 4.79 Å². The SMILES string of the molecule is COc1cc(C=O)ccc1OCCCSc1nnc(-c2ccc(C)cc2)o1. The van der Waals surface area contributed by atoms with Gasteiger partial charge in [-0.25, -0.2) is 0 Å². The Morgan fingerprint density at radius 2 is 1.93 bits per heavy atom. The molecule has 0 aliphatic rings. The summed E-state index contributed by atoms with van der Waals surface area (Å²) in [5, 5.41) is 8.70. The number of benzene rings is 2. The summed E-state index contributed by atoms with van der Waals surface area (Å²) in [7, 11) is 1.55. The zero-order chi connectivity index (χ0) is 19.1. The summed E-state index contributed by atoms with van der Waals surface area (Å²) in [5.74, 6) is 2.47. The average molecular weight is 384 g/mol. The summed E-state index contributed by atoms with van der Waals surface area (Å²) in [6.07, 6.45) is 1.57. The zero-order valence-corrected chi connectivity index (χ0v) is 16.0. The van der Waals surface area contributed by atoms with Gasteiger partial charge in [-0.1, -0.05) is 29.5 Å². The molecule has 0 fully saturated rings. The number of methoxy groups -OCH3 is 1. The lowest BCUT2D eigenvalue weighted by Crippen LogP contribution is -2.01. The molecule has 0 aliphatic heterocycles. The molecule has 0 spiro atoms. The maximum atomic E-state index is 10.8. The van der Waals surface area contributed by atoms with Crippen molar-refractivity contribution in [3.63, 3.8) is 0 Å². The Kier molecular flexibility index (Phi) is 6.49. The number of ether oxygens (including phenoxy) is 2. The smallest absolute Gasteiger partial charge is 0.276 e. The molecule has 2 aromatic carbocycles. The van der Waals surface area contributed by atoms with E-state index < -0.39 is 0 Å². The Morgan fingerprint density at radius 1 is 1.11 bits per heavy atom. The lowest BCUT2D eigenvalue weighted by molar-refractivity contribution is 0.112. The highest BCUT2D eigenvalue weighted by Crippen LogP contribution is 2.28. The van der Waals surface area contributed by atoms with Crippen molar-refractivity contribution in [3.8, 4) is 23.0 Å². The van der Waals surface area contributed by atoms with Crippen molar-refractivity contribution in [2.45, 2.75) is 18.6 Å². The van der Waals surface area contributed by atoms with E-state index in [2.05, 4.69) is 10.2 Å². The van der Waals surface area contributed by atoms with E-state index in [4.69, 9.17) is 13.9 Å². The minimum atomic E-state index is 0.517. The number of hydrogen-bond acceptors (Lipinski definition) is 7. The lowest BCUT2D eigenvalue weighted by atomic mass is 10.1. The highest BCUT2D eigenvalue weighted by Gasteiger charge is 2.09. The zero-order valence-electron chi connectivity index (χ0n) is 15.2. The van der Waals surface area contributed by atoms with Crippen LogP contribution < -0.4 is 9.47 Å². The van der Waals surface area contributed by atoms with Gasteiger partial charge in [0, 0.05) is 16.9 Å². The molecule has 0 radical (unpaired) electrons. The molecule has 0 amide bonds. The largest absolute Gasteiger partial charge is 0.493 e. The molecule has 0 saturated carbocycles. The van der Waals surface area contributed by atoms with Crippen LogP contribution in [0.2, 0.25) is 0 Å². The first-order chi connectivity index (χ1) is 13.2. The van der Waals surface area contributed by atoms with Crippen molar-refractivity contribution in [3.05, 3.63) is 53.6 Å². The van der Waals surface area contributed by atoms with Crippen LogP contribution >= 0.6 is 11.8 Å². The number of carbonyl (C=O) groups excluding carboxylic acids is 1. The Balaban J connectivity index is 1.46.